The Balaban J connectivity index is 2.03. The number of carbonyl (C=O) groups excluding carboxylic acids is 1. The van der Waals surface area contributed by atoms with Crippen LogP contribution in [0.1, 0.15) is 19.4 Å². The predicted octanol–water partition coefficient (Wildman–Crippen LogP) is 2.35. The van der Waals surface area contributed by atoms with Crippen LogP contribution in [-0.2, 0) is 4.79 Å². The normalized spacial score (nSPS) is 20.6. The van der Waals surface area contributed by atoms with Gasteiger partial charge in [-0.2, -0.15) is 0 Å². The summed E-state index contributed by atoms with van der Waals surface area (Å²) in [5.41, 5.74) is 1.15. The summed E-state index contributed by atoms with van der Waals surface area (Å²) in [5.74, 6) is 0.755. The number of aryl methyl sites for hydroxylation is 1. The molecule has 2 atom stereocenters. The molecular formula is C15H21BrN2O2. The van der Waals surface area contributed by atoms with Gasteiger partial charge in [-0.25, -0.2) is 0 Å². The van der Waals surface area contributed by atoms with Crippen LogP contribution in [0.15, 0.2) is 22.7 Å². The number of rotatable bonds is 3. The van der Waals surface area contributed by atoms with E-state index in [0.29, 0.717) is 5.75 Å². The molecule has 0 aliphatic carbocycles. The zero-order valence-corrected chi connectivity index (χ0v) is 13.7. The van der Waals surface area contributed by atoms with Crippen molar-refractivity contribution in [3.8, 4) is 5.75 Å². The van der Waals surface area contributed by atoms with Crippen LogP contribution >= 0.6 is 15.9 Å². The molecule has 5 heteroatoms. The molecule has 4 nitrogen and oxygen atoms in total. The van der Waals surface area contributed by atoms with Crippen molar-refractivity contribution in [1.29, 1.82) is 0 Å². The number of nitrogens with one attached hydrogen (secondary N) is 1. The second kappa shape index (κ2) is 6.59. The van der Waals surface area contributed by atoms with E-state index in [1.807, 2.05) is 36.9 Å². The van der Waals surface area contributed by atoms with Crippen molar-refractivity contribution in [2.24, 2.45) is 0 Å². The van der Waals surface area contributed by atoms with Crippen molar-refractivity contribution >= 4 is 21.8 Å². The lowest BCUT2D eigenvalue weighted by molar-refractivity contribution is -0.140. The van der Waals surface area contributed by atoms with Crippen LogP contribution in [-0.4, -0.2) is 42.6 Å². The molecule has 1 N–H and O–H groups in total. The third-order valence-electron chi connectivity index (χ3n) is 3.52. The molecule has 0 saturated carbocycles. The molecule has 0 spiro atoms. The van der Waals surface area contributed by atoms with Crippen molar-refractivity contribution in [1.82, 2.24) is 10.2 Å². The first-order chi connectivity index (χ1) is 9.49. The second-order valence-electron chi connectivity index (χ2n) is 5.28. The Morgan fingerprint density at radius 1 is 1.55 bits per heavy atom. The summed E-state index contributed by atoms with van der Waals surface area (Å²) in [6.07, 6.45) is -0.477. The highest BCUT2D eigenvalue weighted by Gasteiger charge is 2.28. The number of carbonyl (C=O) groups is 1. The van der Waals surface area contributed by atoms with Gasteiger partial charge in [0.05, 0.1) is 4.47 Å². The molecule has 110 valence electrons. The van der Waals surface area contributed by atoms with Gasteiger partial charge in [-0.3, -0.25) is 4.79 Å². The van der Waals surface area contributed by atoms with E-state index >= 15 is 0 Å². The average molecular weight is 341 g/mol. The second-order valence-corrected chi connectivity index (χ2v) is 6.13. The number of amides is 1. The predicted molar refractivity (Wildman–Crippen MR) is 83.0 cm³/mol. The molecule has 1 aliphatic heterocycles. The number of hydrogen-bond donors (Lipinski definition) is 1. The molecule has 20 heavy (non-hydrogen) atoms. The van der Waals surface area contributed by atoms with Gasteiger partial charge in [0.2, 0.25) is 0 Å². The average Bonchev–Trinajstić information content (AvgIpc) is 2.41. The zero-order valence-electron chi connectivity index (χ0n) is 12.1. The minimum atomic E-state index is -0.477. The fourth-order valence-corrected chi connectivity index (χ4v) is 2.93. The molecule has 1 amide bonds. The Kier molecular flexibility index (Phi) is 5.05. The smallest absolute Gasteiger partial charge is 0.263 e. The summed E-state index contributed by atoms with van der Waals surface area (Å²) < 4.78 is 6.69. The lowest BCUT2D eigenvalue weighted by Crippen LogP contribution is -2.55. The Bertz CT molecular complexity index is 493. The fourth-order valence-electron chi connectivity index (χ4n) is 2.34. The fraction of sp³-hybridized carbons (Fsp3) is 0.533. The topological polar surface area (TPSA) is 41.6 Å². The van der Waals surface area contributed by atoms with Gasteiger partial charge in [0.15, 0.2) is 6.10 Å². The molecule has 1 aromatic carbocycles. The molecule has 0 aromatic heterocycles. The van der Waals surface area contributed by atoms with Crippen LogP contribution in [0.3, 0.4) is 0 Å². The minimum Gasteiger partial charge on any atom is -0.480 e. The minimum absolute atomic E-state index is 0.0477. The van der Waals surface area contributed by atoms with Crippen LogP contribution in [0.5, 0.6) is 5.75 Å². The first-order valence-corrected chi connectivity index (χ1v) is 7.72. The van der Waals surface area contributed by atoms with Crippen molar-refractivity contribution in [2.45, 2.75) is 32.9 Å². The van der Waals surface area contributed by atoms with Gasteiger partial charge in [-0.15, -0.1) is 0 Å². The van der Waals surface area contributed by atoms with Crippen molar-refractivity contribution < 1.29 is 9.53 Å². The number of benzene rings is 1. The van der Waals surface area contributed by atoms with E-state index in [2.05, 4.69) is 28.2 Å². The van der Waals surface area contributed by atoms with Gasteiger partial charge >= 0.3 is 0 Å². The third-order valence-corrected chi connectivity index (χ3v) is 4.14. The summed E-state index contributed by atoms with van der Waals surface area (Å²) in [5, 5.41) is 3.28. The van der Waals surface area contributed by atoms with Crippen LogP contribution in [0.25, 0.3) is 0 Å². The van der Waals surface area contributed by atoms with Crippen LogP contribution in [0, 0.1) is 6.92 Å². The molecule has 2 rings (SSSR count). The Hall–Kier alpha value is -1.07. The summed E-state index contributed by atoms with van der Waals surface area (Å²) in [4.78, 5) is 14.3. The highest BCUT2D eigenvalue weighted by atomic mass is 79.9. The molecule has 0 bridgehead atoms. The van der Waals surface area contributed by atoms with Crippen LogP contribution in [0.4, 0.5) is 0 Å². The first-order valence-electron chi connectivity index (χ1n) is 6.93. The standard InChI is InChI=1S/C15H21BrN2O2/c1-10-4-5-14(13(16)8-10)20-12(3)15(19)18-7-6-17-9-11(18)2/h4-5,8,11-12,17H,6-7,9H2,1-3H3. The monoisotopic (exact) mass is 340 g/mol. The van der Waals surface area contributed by atoms with Crippen molar-refractivity contribution in [3.05, 3.63) is 28.2 Å². The molecule has 1 heterocycles. The Morgan fingerprint density at radius 2 is 2.30 bits per heavy atom. The van der Waals surface area contributed by atoms with Crippen molar-refractivity contribution in [3.63, 3.8) is 0 Å². The van der Waals surface area contributed by atoms with Gasteiger partial charge in [0.1, 0.15) is 5.75 Å². The number of ether oxygens (including phenoxy) is 1. The molecule has 1 aromatic rings. The van der Waals surface area contributed by atoms with Crippen molar-refractivity contribution in [2.75, 3.05) is 19.6 Å². The van der Waals surface area contributed by atoms with Gasteiger partial charge in [-0.05, 0) is 54.4 Å². The number of halogens is 1. The lowest BCUT2D eigenvalue weighted by Gasteiger charge is -2.35. The molecule has 0 radical (unpaired) electrons. The van der Waals surface area contributed by atoms with Gasteiger partial charge < -0.3 is 15.0 Å². The van der Waals surface area contributed by atoms with Gasteiger partial charge in [-0.1, -0.05) is 6.07 Å². The van der Waals surface area contributed by atoms with Gasteiger partial charge in [0.25, 0.3) is 5.91 Å². The summed E-state index contributed by atoms with van der Waals surface area (Å²) in [6, 6.07) is 6.07. The number of nitrogens with zero attached hydrogens (tertiary/aromatic N) is 1. The Labute approximate surface area is 128 Å². The maximum Gasteiger partial charge on any atom is 0.263 e. The molecule has 1 aliphatic rings. The molecule has 1 fully saturated rings. The van der Waals surface area contributed by atoms with E-state index in [1.54, 1.807) is 0 Å². The van der Waals surface area contributed by atoms with E-state index in [0.717, 1.165) is 29.7 Å². The SMILES string of the molecule is Cc1ccc(OC(C)C(=O)N2CCNCC2C)c(Br)c1. The largest absolute Gasteiger partial charge is 0.480 e. The summed E-state index contributed by atoms with van der Waals surface area (Å²) in [6.45, 7) is 8.31. The Morgan fingerprint density at radius 3 is 2.95 bits per heavy atom. The third kappa shape index (κ3) is 3.52. The maximum absolute atomic E-state index is 12.4. The quantitative estimate of drug-likeness (QED) is 0.918. The first kappa shape index (κ1) is 15.3. The lowest BCUT2D eigenvalue weighted by atomic mass is 10.2. The van der Waals surface area contributed by atoms with E-state index in [9.17, 15) is 4.79 Å². The summed E-state index contributed by atoms with van der Waals surface area (Å²) in [7, 11) is 0. The highest BCUT2D eigenvalue weighted by molar-refractivity contribution is 9.10. The maximum atomic E-state index is 12.4. The molecule has 2 unspecified atom stereocenters. The van der Waals surface area contributed by atoms with E-state index in [-0.39, 0.29) is 11.9 Å². The van der Waals surface area contributed by atoms with E-state index in [4.69, 9.17) is 4.74 Å². The summed E-state index contributed by atoms with van der Waals surface area (Å²) >= 11 is 3.47. The van der Waals surface area contributed by atoms with Gasteiger partial charge in [0, 0.05) is 25.7 Å². The highest BCUT2D eigenvalue weighted by Crippen LogP contribution is 2.27. The van der Waals surface area contributed by atoms with E-state index < -0.39 is 6.10 Å². The number of hydrogen-bond acceptors (Lipinski definition) is 3. The zero-order chi connectivity index (χ0) is 14.7. The van der Waals surface area contributed by atoms with Crippen LogP contribution in [0.2, 0.25) is 0 Å². The van der Waals surface area contributed by atoms with E-state index in [1.165, 1.54) is 0 Å². The molecular weight excluding hydrogens is 320 g/mol. The number of piperazine rings is 1. The van der Waals surface area contributed by atoms with Crippen LogP contribution < -0.4 is 10.1 Å². The molecule has 1 saturated heterocycles.